The molecule has 0 bridgehead atoms. The lowest BCUT2D eigenvalue weighted by Crippen LogP contribution is -2.42. The van der Waals surface area contributed by atoms with Gasteiger partial charge in [0, 0.05) is 13.0 Å². The molecule has 0 aliphatic heterocycles. The van der Waals surface area contributed by atoms with Gasteiger partial charge in [0.2, 0.25) is 11.8 Å². The van der Waals surface area contributed by atoms with Gasteiger partial charge in [-0.3, -0.25) is 9.59 Å². The molecule has 1 atom stereocenters. The third-order valence-corrected chi connectivity index (χ3v) is 2.31. The van der Waals surface area contributed by atoms with Gasteiger partial charge in [-0.2, -0.15) is 0 Å². The van der Waals surface area contributed by atoms with Crippen molar-refractivity contribution in [2.75, 3.05) is 6.54 Å². The van der Waals surface area contributed by atoms with Crippen LogP contribution < -0.4 is 16.8 Å². The summed E-state index contributed by atoms with van der Waals surface area (Å²) in [6, 6.07) is 8.92. The highest BCUT2D eigenvalue weighted by atomic mass is 16.2. The number of rotatable bonds is 6. The average Bonchev–Trinajstić information content (AvgIpc) is 2.29. The van der Waals surface area contributed by atoms with Gasteiger partial charge in [0.1, 0.15) is 0 Å². The Bertz CT molecular complexity index is 379. The maximum absolute atomic E-state index is 11.5. The molecule has 92 valence electrons. The Hall–Kier alpha value is -1.88. The molecular weight excluding hydrogens is 218 g/mol. The average molecular weight is 235 g/mol. The van der Waals surface area contributed by atoms with Gasteiger partial charge in [-0.15, -0.1) is 0 Å². The Balaban J connectivity index is 2.34. The molecule has 0 aliphatic rings. The van der Waals surface area contributed by atoms with Gasteiger partial charge in [-0.05, 0) is 12.0 Å². The minimum atomic E-state index is -0.606. The second kappa shape index (κ2) is 6.65. The fourth-order valence-corrected chi connectivity index (χ4v) is 1.40. The van der Waals surface area contributed by atoms with E-state index in [1.807, 2.05) is 30.3 Å². The lowest BCUT2D eigenvalue weighted by molar-refractivity contribution is -0.122. The van der Waals surface area contributed by atoms with Crippen molar-refractivity contribution in [3.63, 3.8) is 0 Å². The number of primary amides is 1. The molecule has 0 fully saturated rings. The minimum Gasteiger partial charge on any atom is -0.370 e. The monoisotopic (exact) mass is 235 g/mol. The largest absolute Gasteiger partial charge is 0.370 e. The van der Waals surface area contributed by atoms with Crippen LogP contribution in [0.4, 0.5) is 0 Å². The van der Waals surface area contributed by atoms with Gasteiger partial charge in [0.15, 0.2) is 0 Å². The minimum absolute atomic E-state index is 0.129. The van der Waals surface area contributed by atoms with Crippen molar-refractivity contribution in [1.29, 1.82) is 0 Å². The van der Waals surface area contributed by atoms with E-state index in [2.05, 4.69) is 5.32 Å². The van der Waals surface area contributed by atoms with Crippen LogP contribution in [0.25, 0.3) is 0 Å². The lowest BCUT2D eigenvalue weighted by atomic mass is 10.1. The van der Waals surface area contributed by atoms with E-state index in [1.54, 1.807) is 0 Å². The van der Waals surface area contributed by atoms with E-state index < -0.39 is 11.9 Å². The van der Waals surface area contributed by atoms with E-state index in [0.29, 0.717) is 6.42 Å². The number of carbonyl (C=O) groups is 2. The number of benzene rings is 1. The summed E-state index contributed by atoms with van der Waals surface area (Å²) in [4.78, 5) is 22.0. The van der Waals surface area contributed by atoms with E-state index in [-0.39, 0.29) is 18.9 Å². The zero-order valence-corrected chi connectivity index (χ0v) is 9.56. The van der Waals surface area contributed by atoms with E-state index in [0.717, 1.165) is 5.56 Å². The number of nitrogens with one attached hydrogen (secondary N) is 1. The highest BCUT2D eigenvalue weighted by Gasteiger charge is 2.13. The molecule has 0 aliphatic carbocycles. The molecule has 0 spiro atoms. The van der Waals surface area contributed by atoms with Crippen LogP contribution in [0.15, 0.2) is 30.3 Å². The smallest absolute Gasteiger partial charge is 0.237 e. The standard InChI is InChI=1S/C12H17N3O2/c13-10(8-9-4-2-1-3-5-9)12(17)15-7-6-11(14)16/h1-5,10H,6-8,13H2,(H2,14,16)(H,15,17). The van der Waals surface area contributed by atoms with Gasteiger partial charge in [0.25, 0.3) is 0 Å². The van der Waals surface area contributed by atoms with Crippen LogP contribution in [0.5, 0.6) is 0 Å². The summed E-state index contributed by atoms with van der Waals surface area (Å²) < 4.78 is 0. The maximum Gasteiger partial charge on any atom is 0.237 e. The summed E-state index contributed by atoms with van der Waals surface area (Å²) in [5, 5.41) is 2.57. The summed E-state index contributed by atoms with van der Waals surface area (Å²) in [6.07, 6.45) is 0.604. The van der Waals surface area contributed by atoms with Crippen LogP contribution in [0.3, 0.4) is 0 Å². The van der Waals surface area contributed by atoms with Gasteiger partial charge in [-0.25, -0.2) is 0 Å². The second-order valence-electron chi connectivity index (χ2n) is 3.80. The summed E-state index contributed by atoms with van der Waals surface area (Å²) >= 11 is 0. The van der Waals surface area contributed by atoms with Gasteiger partial charge < -0.3 is 16.8 Å². The van der Waals surface area contributed by atoms with Gasteiger partial charge in [-0.1, -0.05) is 30.3 Å². The van der Waals surface area contributed by atoms with E-state index in [1.165, 1.54) is 0 Å². The second-order valence-corrected chi connectivity index (χ2v) is 3.80. The van der Waals surface area contributed by atoms with Crippen molar-refractivity contribution < 1.29 is 9.59 Å². The molecule has 1 aromatic rings. The maximum atomic E-state index is 11.5. The molecule has 5 N–H and O–H groups in total. The first-order valence-corrected chi connectivity index (χ1v) is 5.45. The fraction of sp³-hybridized carbons (Fsp3) is 0.333. The van der Waals surface area contributed by atoms with Crippen LogP contribution in [-0.4, -0.2) is 24.4 Å². The van der Waals surface area contributed by atoms with Crippen LogP contribution in [0.1, 0.15) is 12.0 Å². The zero-order chi connectivity index (χ0) is 12.7. The zero-order valence-electron chi connectivity index (χ0n) is 9.56. The molecule has 1 aromatic carbocycles. The molecule has 1 unspecified atom stereocenters. The first kappa shape index (κ1) is 13.2. The summed E-state index contributed by atoms with van der Waals surface area (Å²) in [7, 11) is 0. The Morgan fingerprint density at radius 3 is 2.47 bits per heavy atom. The quantitative estimate of drug-likeness (QED) is 0.622. The molecule has 0 heterocycles. The molecular formula is C12H17N3O2. The first-order valence-electron chi connectivity index (χ1n) is 5.45. The SMILES string of the molecule is NC(=O)CCNC(=O)C(N)Cc1ccccc1. The molecule has 5 nitrogen and oxygen atoms in total. The normalized spacial score (nSPS) is 11.8. The van der Waals surface area contributed by atoms with Crippen LogP contribution in [0, 0.1) is 0 Å². The number of nitrogens with two attached hydrogens (primary N) is 2. The van der Waals surface area contributed by atoms with Crippen LogP contribution in [0.2, 0.25) is 0 Å². The van der Waals surface area contributed by atoms with Crippen LogP contribution in [-0.2, 0) is 16.0 Å². The van der Waals surface area contributed by atoms with E-state index >= 15 is 0 Å². The van der Waals surface area contributed by atoms with Crippen molar-refractivity contribution in [3.05, 3.63) is 35.9 Å². The highest BCUT2D eigenvalue weighted by Crippen LogP contribution is 2.01. The van der Waals surface area contributed by atoms with Crippen molar-refractivity contribution in [2.24, 2.45) is 11.5 Å². The highest BCUT2D eigenvalue weighted by molar-refractivity contribution is 5.82. The molecule has 0 saturated carbocycles. The van der Waals surface area contributed by atoms with Crippen LogP contribution >= 0.6 is 0 Å². The van der Waals surface area contributed by atoms with E-state index in [9.17, 15) is 9.59 Å². The van der Waals surface area contributed by atoms with Gasteiger partial charge >= 0.3 is 0 Å². The Morgan fingerprint density at radius 2 is 1.88 bits per heavy atom. The number of amides is 2. The Labute approximate surface area is 100 Å². The molecule has 1 rings (SSSR count). The van der Waals surface area contributed by atoms with E-state index in [4.69, 9.17) is 11.5 Å². The summed E-state index contributed by atoms with van der Waals surface area (Å²) in [6.45, 7) is 0.233. The molecule has 2 amide bonds. The van der Waals surface area contributed by atoms with Crippen molar-refractivity contribution >= 4 is 11.8 Å². The predicted molar refractivity (Wildman–Crippen MR) is 64.9 cm³/mol. The summed E-state index contributed by atoms with van der Waals surface area (Å²) in [5.74, 6) is -0.711. The molecule has 5 heteroatoms. The lowest BCUT2D eigenvalue weighted by Gasteiger charge is -2.11. The molecule has 0 aromatic heterocycles. The fourth-order valence-electron chi connectivity index (χ4n) is 1.40. The van der Waals surface area contributed by atoms with Crippen molar-refractivity contribution in [3.8, 4) is 0 Å². The number of hydrogen-bond donors (Lipinski definition) is 3. The molecule has 0 saturated heterocycles. The Kier molecular flexibility index (Phi) is 5.16. The number of hydrogen-bond acceptors (Lipinski definition) is 3. The Morgan fingerprint density at radius 1 is 1.24 bits per heavy atom. The summed E-state index contributed by atoms with van der Waals surface area (Å²) in [5.41, 5.74) is 11.7. The first-order chi connectivity index (χ1) is 8.09. The topological polar surface area (TPSA) is 98.2 Å². The van der Waals surface area contributed by atoms with Gasteiger partial charge in [0.05, 0.1) is 6.04 Å². The van der Waals surface area contributed by atoms with Crippen molar-refractivity contribution in [1.82, 2.24) is 5.32 Å². The third kappa shape index (κ3) is 5.12. The number of carbonyl (C=O) groups excluding carboxylic acids is 2. The molecule has 17 heavy (non-hydrogen) atoms. The third-order valence-electron chi connectivity index (χ3n) is 2.31. The predicted octanol–water partition coefficient (Wildman–Crippen LogP) is -0.452. The van der Waals surface area contributed by atoms with Crippen molar-refractivity contribution in [2.45, 2.75) is 18.9 Å². The molecule has 0 radical (unpaired) electrons.